The fourth-order valence-electron chi connectivity index (χ4n) is 2.50. The first-order valence-electron chi connectivity index (χ1n) is 8.55. The van der Waals surface area contributed by atoms with E-state index in [0.29, 0.717) is 23.9 Å². The molecule has 0 aliphatic rings. The van der Waals surface area contributed by atoms with E-state index in [1.165, 1.54) is 0 Å². The summed E-state index contributed by atoms with van der Waals surface area (Å²) in [5.74, 6) is 1.73. The number of aryl methyl sites for hydroxylation is 1. The highest BCUT2D eigenvalue weighted by molar-refractivity contribution is 7.08. The average molecular weight is 371 g/mol. The van der Waals surface area contributed by atoms with Crippen LogP contribution in [0.2, 0.25) is 0 Å². The second-order valence-electron chi connectivity index (χ2n) is 5.64. The molecule has 0 aliphatic heterocycles. The van der Waals surface area contributed by atoms with Gasteiger partial charge in [-0.3, -0.25) is 4.79 Å². The van der Waals surface area contributed by atoms with Gasteiger partial charge in [-0.15, -0.1) is 10.2 Å². The summed E-state index contributed by atoms with van der Waals surface area (Å²) in [5, 5.41) is 14.7. The molecule has 0 aliphatic carbocycles. The fraction of sp³-hybridized carbons (Fsp3) is 0.333. The lowest BCUT2D eigenvalue weighted by molar-refractivity contribution is -0.116. The number of pyridine rings is 1. The first-order valence-corrected chi connectivity index (χ1v) is 9.49. The van der Waals surface area contributed by atoms with E-state index in [0.717, 1.165) is 24.5 Å². The van der Waals surface area contributed by atoms with Crippen LogP contribution in [0.5, 0.6) is 0 Å². The maximum Gasteiger partial charge on any atom is 0.248 e. The molecule has 3 aromatic heterocycles. The third-order valence-corrected chi connectivity index (χ3v) is 4.60. The van der Waals surface area contributed by atoms with Crippen molar-refractivity contribution < 1.29 is 9.21 Å². The molecule has 8 heteroatoms. The molecule has 1 amide bonds. The summed E-state index contributed by atoms with van der Waals surface area (Å²) < 4.78 is 5.58. The lowest BCUT2D eigenvalue weighted by Gasteiger charge is -2.19. The molecule has 0 saturated carbocycles. The third-order valence-electron chi connectivity index (χ3n) is 3.92. The van der Waals surface area contributed by atoms with Crippen molar-refractivity contribution in [2.45, 2.75) is 26.7 Å². The molecule has 0 radical (unpaired) electrons. The highest BCUT2D eigenvalue weighted by atomic mass is 32.1. The Labute approximate surface area is 156 Å². The number of anilines is 2. The predicted molar refractivity (Wildman–Crippen MR) is 102 cm³/mol. The Morgan fingerprint density at radius 3 is 2.73 bits per heavy atom. The van der Waals surface area contributed by atoms with Crippen LogP contribution in [0, 0.1) is 0 Å². The maximum atomic E-state index is 12.1. The molecule has 0 spiro atoms. The van der Waals surface area contributed by atoms with Gasteiger partial charge in [-0.2, -0.15) is 11.3 Å². The molecule has 7 nitrogen and oxygen atoms in total. The minimum absolute atomic E-state index is 0.113. The minimum atomic E-state index is -0.113. The number of thiophene rings is 1. The topological polar surface area (TPSA) is 84.2 Å². The van der Waals surface area contributed by atoms with Gasteiger partial charge in [0.2, 0.25) is 17.7 Å². The van der Waals surface area contributed by atoms with Crippen LogP contribution in [0.25, 0.3) is 11.5 Å². The number of amides is 1. The number of aromatic nitrogens is 3. The molecular weight excluding hydrogens is 350 g/mol. The van der Waals surface area contributed by atoms with E-state index in [9.17, 15) is 4.79 Å². The monoisotopic (exact) mass is 371 g/mol. The number of nitrogens with zero attached hydrogens (tertiary/aromatic N) is 4. The molecule has 0 aromatic carbocycles. The second-order valence-corrected chi connectivity index (χ2v) is 6.42. The maximum absolute atomic E-state index is 12.1. The molecule has 26 heavy (non-hydrogen) atoms. The normalized spacial score (nSPS) is 10.7. The van der Waals surface area contributed by atoms with Gasteiger partial charge in [0.25, 0.3) is 0 Å². The zero-order valence-electron chi connectivity index (χ0n) is 14.8. The van der Waals surface area contributed by atoms with Crippen molar-refractivity contribution in [2.75, 3.05) is 23.3 Å². The second kappa shape index (κ2) is 8.57. The minimum Gasteiger partial charge on any atom is -0.421 e. The van der Waals surface area contributed by atoms with Gasteiger partial charge in [0, 0.05) is 36.9 Å². The molecular formula is C18H21N5O2S. The average Bonchev–Trinajstić information content (AvgIpc) is 3.34. The third kappa shape index (κ3) is 4.45. The quantitative estimate of drug-likeness (QED) is 0.651. The van der Waals surface area contributed by atoms with Gasteiger partial charge < -0.3 is 14.6 Å². The Morgan fingerprint density at radius 2 is 2.08 bits per heavy atom. The number of rotatable bonds is 8. The number of carbonyl (C=O) groups is 1. The highest BCUT2D eigenvalue weighted by Gasteiger charge is 2.11. The van der Waals surface area contributed by atoms with Gasteiger partial charge in [-0.05, 0) is 37.4 Å². The molecule has 0 bridgehead atoms. The van der Waals surface area contributed by atoms with Crippen LogP contribution in [-0.2, 0) is 11.2 Å². The van der Waals surface area contributed by atoms with Gasteiger partial charge in [-0.1, -0.05) is 0 Å². The van der Waals surface area contributed by atoms with Crippen LogP contribution in [0.15, 0.2) is 39.6 Å². The highest BCUT2D eigenvalue weighted by Crippen LogP contribution is 2.21. The Morgan fingerprint density at radius 1 is 1.23 bits per heavy atom. The number of hydrogen-bond acceptors (Lipinski definition) is 7. The first kappa shape index (κ1) is 18.1. The number of carbonyl (C=O) groups excluding carboxylic acids is 1. The Kier molecular flexibility index (Phi) is 5.96. The van der Waals surface area contributed by atoms with E-state index < -0.39 is 0 Å². The van der Waals surface area contributed by atoms with Crippen LogP contribution < -0.4 is 10.2 Å². The van der Waals surface area contributed by atoms with E-state index >= 15 is 0 Å². The van der Waals surface area contributed by atoms with Crippen LogP contribution in [-0.4, -0.2) is 34.2 Å². The number of hydrogen-bond donors (Lipinski definition) is 1. The van der Waals surface area contributed by atoms with E-state index in [2.05, 4.69) is 39.2 Å². The van der Waals surface area contributed by atoms with Crippen molar-refractivity contribution in [2.24, 2.45) is 0 Å². The van der Waals surface area contributed by atoms with Gasteiger partial charge in [-0.25, -0.2) is 4.98 Å². The van der Waals surface area contributed by atoms with E-state index in [1.807, 2.05) is 29.0 Å². The van der Waals surface area contributed by atoms with Gasteiger partial charge in [0.05, 0.1) is 11.9 Å². The molecule has 0 atom stereocenters. The summed E-state index contributed by atoms with van der Waals surface area (Å²) >= 11 is 1.57. The van der Waals surface area contributed by atoms with Crippen molar-refractivity contribution in [1.29, 1.82) is 0 Å². The molecule has 0 fully saturated rings. The van der Waals surface area contributed by atoms with Crippen molar-refractivity contribution in [3.05, 3.63) is 41.0 Å². The van der Waals surface area contributed by atoms with Crippen molar-refractivity contribution in [3.63, 3.8) is 0 Å². The first-order chi connectivity index (χ1) is 12.7. The van der Waals surface area contributed by atoms with Crippen LogP contribution >= 0.6 is 11.3 Å². The Balaban J connectivity index is 1.51. The van der Waals surface area contributed by atoms with Crippen molar-refractivity contribution >= 4 is 28.7 Å². The smallest absolute Gasteiger partial charge is 0.248 e. The number of nitrogens with one attached hydrogen (secondary N) is 1. The summed E-state index contributed by atoms with van der Waals surface area (Å²) in [4.78, 5) is 18.7. The molecule has 3 rings (SSSR count). The largest absolute Gasteiger partial charge is 0.421 e. The van der Waals surface area contributed by atoms with Crippen LogP contribution in [0.4, 0.5) is 11.5 Å². The van der Waals surface area contributed by atoms with Gasteiger partial charge in [0.15, 0.2) is 0 Å². The lowest BCUT2D eigenvalue weighted by Crippen LogP contribution is -2.22. The molecule has 0 saturated heterocycles. The Bertz CT molecular complexity index is 826. The molecule has 3 aromatic rings. The van der Waals surface area contributed by atoms with Crippen molar-refractivity contribution in [1.82, 2.24) is 15.2 Å². The van der Waals surface area contributed by atoms with Crippen molar-refractivity contribution in [3.8, 4) is 11.5 Å². The fourth-order valence-corrected chi connectivity index (χ4v) is 3.13. The summed E-state index contributed by atoms with van der Waals surface area (Å²) in [7, 11) is 0. The van der Waals surface area contributed by atoms with Crippen LogP contribution in [0.1, 0.15) is 26.2 Å². The summed E-state index contributed by atoms with van der Waals surface area (Å²) in [6, 6.07) is 5.69. The molecule has 136 valence electrons. The van der Waals surface area contributed by atoms with Gasteiger partial charge in [0.1, 0.15) is 5.82 Å². The van der Waals surface area contributed by atoms with E-state index in [-0.39, 0.29) is 12.3 Å². The van der Waals surface area contributed by atoms with E-state index in [4.69, 9.17) is 4.42 Å². The molecule has 0 unspecified atom stereocenters. The Hall–Kier alpha value is -2.74. The zero-order chi connectivity index (χ0) is 18.4. The van der Waals surface area contributed by atoms with Crippen LogP contribution in [0.3, 0.4) is 0 Å². The summed E-state index contributed by atoms with van der Waals surface area (Å²) in [6.45, 7) is 5.96. The lowest BCUT2D eigenvalue weighted by atomic mass is 10.3. The summed E-state index contributed by atoms with van der Waals surface area (Å²) in [6.07, 6.45) is 2.34. The molecule has 3 heterocycles. The predicted octanol–water partition coefficient (Wildman–Crippen LogP) is 3.61. The summed E-state index contributed by atoms with van der Waals surface area (Å²) in [5.41, 5.74) is 1.58. The molecule has 1 N–H and O–H groups in total. The zero-order valence-corrected chi connectivity index (χ0v) is 15.6. The van der Waals surface area contributed by atoms with Gasteiger partial charge >= 0.3 is 0 Å². The standard InChI is InChI=1S/C18H21N5O2S/c1-3-23(4-2)15-6-5-14(11-19-15)20-16(24)7-8-17-21-22-18(25-17)13-9-10-26-12-13/h5-6,9-12H,3-4,7-8H2,1-2H3,(H,20,24). The SMILES string of the molecule is CCN(CC)c1ccc(NC(=O)CCc2nnc(-c3ccsc3)o2)cn1. The van der Waals surface area contributed by atoms with E-state index in [1.54, 1.807) is 17.5 Å².